The quantitative estimate of drug-likeness (QED) is 0.882. The van der Waals surface area contributed by atoms with E-state index in [1.165, 1.54) is 11.0 Å². The van der Waals surface area contributed by atoms with Crippen molar-refractivity contribution >= 4 is 11.7 Å². The van der Waals surface area contributed by atoms with E-state index in [9.17, 15) is 13.6 Å². The maximum absolute atomic E-state index is 13.7. The van der Waals surface area contributed by atoms with Crippen LogP contribution in [0.25, 0.3) is 0 Å². The Morgan fingerprint density at radius 3 is 2.53 bits per heavy atom. The van der Waals surface area contributed by atoms with Crippen LogP contribution in [0.4, 0.5) is 14.5 Å². The van der Waals surface area contributed by atoms with E-state index in [1.54, 1.807) is 14.1 Å². The van der Waals surface area contributed by atoms with Gasteiger partial charge in [-0.05, 0) is 18.1 Å². The number of hydrogen-bond acceptors (Lipinski definition) is 2. The summed E-state index contributed by atoms with van der Waals surface area (Å²) in [6.45, 7) is 0. The van der Waals surface area contributed by atoms with E-state index in [0.717, 1.165) is 6.07 Å². The van der Waals surface area contributed by atoms with Crippen LogP contribution in [0.15, 0.2) is 12.1 Å². The van der Waals surface area contributed by atoms with Crippen molar-refractivity contribution in [3.8, 4) is 0 Å². The molecule has 0 aromatic heterocycles. The van der Waals surface area contributed by atoms with Crippen LogP contribution < -0.4 is 4.90 Å². The zero-order valence-corrected chi connectivity index (χ0v) is 9.58. The van der Waals surface area contributed by atoms with Gasteiger partial charge in [0.2, 0.25) is 0 Å². The number of carboxylic acids is 1. The maximum Gasteiger partial charge on any atom is 0.307 e. The molecule has 0 radical (unpaired) electrons. The highest BCUT2D eigenvalue weighted by molar-refractivity contribution is 5.76. The molecule has 1 aliphatic rings. The van der Waals surface area contributed by atoms with E-state index >= 15 is 0 Å². The van der Waals surface area contributed by atoms with Crippen molar-refractivity contribution in [1.29, 1.82) is 0 Å². The average Bonchev–Trinajstić information content (AvgIpc) is 3.00. The smallest absolute Gasteiger partial charge is 0.307 e. The Kier molecular flexibility index (Phi) is 2.77. The van der Waals surface area contributed by atoms with Gasteiger partial charge in [0, 0.05) is 20.0 Å². The highest BCUT2D eigenvalue weighted by Crippen LogP contribution is 2.50. The second-order valence-corrected chi connectivity index (χ2v) is 4.48. The Bertz CT molecular complexity index is 474. The number of benzene rings is 1. The van der Waals surface area contributed by atoms with E-state index in [4.69, 9.17) is 5.11 Å². The summed E-state index contributed by atoms with van der Waals surface area (Å²) in [6.07, 6.45) is 0.487. The van der Waals surface area contributed by atoms with Gasteiger partial charge in [-0.2, -0.15) is 0 Å². The number of halogens is 2. The third kappa shape index (κ3) is 1.97. The Morgan fingerprint density at radius 2 is 2.06 bits per heavy atom. The van der Waals surface area contributed by atoms with Gasteiger partial charge < -0.3 is 10.0 Å². The molecule has 1 saturated carbocycles. The summed E-state index contributed by atoms with van der Waals surface area (Å²) in [7, 11) is 3.22. The Morgan fingerprint density at radius 1 is 1.41 bits per heavy atom. The zero-order chi connectivity index (χ0) is 12.7. The van der Waals surface area contributed by atoms with Gasteiger partial charge in [-0.1, -0.05) is 6.07 Å². The van der Waals surface area contributed by atoms with Crippen LogP contribution in [0, 0.1) is 17.6 Å². The summed E-state index contributed by atoms with van der Waals surface area (Å²) in [5.41, 5.74) is 0.722. The van der Waals surface area contributed by atoms with Crippen LogP contribution in [0.5, 0.6) is 0 Å². The molecule has 0 amide bonds. The van der Waals surface area contributed by atoms with Gasteiger partial charge in [-0.25, -0.2) is 8.78 Å². The fourth-order valence-corrected chi connectivity index (χ4v) is 2.12. The number of hydrogen-bond donors (Lipinski definition) is 1. The molecule has 5 heteroatoms. The zero-order valence-electron chi connectivity index (χ0n) is 9.58. The van der Waals surface area contributed by atoms with E-state index < -0.39 is 23.5 Å². The molecule has 1 aliphatic carbocycles. The largest absolute Gasteiger partial charge is 0.481 e. The molecule has 0 aliphatic heterocycles. The van der Waals surface area contributed by atoms with Crippen LogP contribution in [-0.4, -0.2) is 25.2 Å². The molecule has 0 spiro atoms. The molecule has 1 aromatic carbocycles. The number of anilines is 1. The number of nitrogens with zero attached hydrogens (tertiary/aromatic N) is 1. The van der Waals surface area contributed by atoms with Crippen LogP contribution in [0.3, 0.4) is 0 Å². The Labute approximate surface area is 97.7 Å². The van der Waals surface area contributed by atoms with Crippen molar-refractivity contribution in [2.75, 3.05) is 19.0 Å². The number of rotatable bonds is 3. The second kappa shape index (κ2) is 3.98. The summed E-state index contributed by atoms with van der Waals surface area (Å²) in [6, 6.07) is 2.52. The molecule has 92 valence electrons. The highest BCUT2D eigenvalue weighted by atomic mass is 19.2. The Hall–Kier alpha value is -1.65. The maximum atomic E-state index is 13.7. The fourth-order valence-electron chi connectivity index (χ4n) is 2.12. The summed E-state index contributed by atoms with van der Waals surface area (Å²) in [5, 5.41) is 8.86. The van der Waals surface area contributed by atoms with E-state index in [-0.39, 0.29) is 11.6 Å². The predicted molar refractivity (Wildman–Crippen MR) is 59.2 cm³/mol. The molecule has 0 saturated heterocycles. The third-order valence-corrected chi connectivity index (χ3v) is 3.05. The number of aliphatic carboxylic acids is 1. The molecule has 1 fully saturated rings. The minimum absolute atomic E-state index is 0.152. The molecule has 0 bridgehead atoms. The first-order valence-electron chi connectivity index (χ1n) is 5.31. The molecule has 2 atom stereocenters. The molecule has 2 rings (SSSR count). The summed E-state index contributed by atoms with van der Waals surface area (Å²) in [5.74, 6) is -3.39. The first-order valence-corrected chi connectivity index (χ1v) is 5.31. The van der Waals surface area contributed by atoms with Crippen LogP contribution in [-0.2, 0) is 4.79 Å². The molecule has 0 heterocycles. The minimum atomic E-state index is -0.913. The first-order chi connectivity index (χ1) is 7.93. The van der Waals surface area contributed by atoms with Gasteiger partial charge in [0.15, 0.2) is 11.6 Å². The van der Waals surface area contributed by atoms with Crippen molar-refractivity contribution in [3.05, 3.63) is 29.3 Å². The standard InChI is InChI=1S/C12H13F2NO2/c1-15(2)11-6(3-4-9(13)10(11)14)7-5-8(7)12(16)17/h3-4,7-8H,5H2,1-2H3,(H,16,17). The van der Waals surface area contributed by atoms with Gasteiger partial charge in [0.1, 0.15) is 0 Å². The van der Waals surface area contributed by atoms with Crippen LogP contribution in [0.1, 0.15) is 17.9 Å². The van der Waals surface area contributed by atoms with Gasteiger partial charge in [-0.3, -0.25) is 4.79 Å². The van der Waals surface area contributed by atoms with E-state index in [2.05, 4.69) is 0 Å². The predicted octanol–water partition coefficient (Wildman–Crippen LogP) is 2.22. The topological polar surface area (TPSA) is 40.5 Å². The highest BCUT2D eigenvalue weighted by Gasteiger charge is 2.46. The molecule has 2 unspecified atom stereocenters. The average molecular weight is 241 g/mol. The normalized spacial score (nSPS) is 22.4. The van der Waals surface area contributed by atoms with E-state index in [0.29, 0.717) is 12.0 Å². The lowest BCUT2D eigenvalue weighted by Crippen LogP contribution is -2.14. The summed E-state index contributed by atoms with van der Waals surface area (Å²) < 4.78 is 26.8. The molecule has 1 N–H and O–H groups in total. The van der Waals surface area contributed by atoms with Crippen LogP contribution >= 0.6 is 0 Å². The molecule has 1 aromatic rings. The van der Waals surface area contributed by atoms with Crippen molar-refractivity contribution in [1.82, 2.24) is 0 Å². The van der Waals surface area contributed by atoms with Gasteiger partial charge in [-0.15, -0.1) is 0 Å². The van der Waals surface area contributed by atoms with Crippen molar-refractivity contribution in [2.45, 2.75) is 12.3 Å². The Balaban J connectivity index is 2.42. The second-order valence-electron chi connectivity index (χ2n) is 4.48. The lowest BCUT2D eigenvalue weighted by Gasteiger charge is -2.18. The van der Waals surface area contributed by atoms with Gasteiger partial charge in [0.25, 0.3) is 0 Å². The van der Waals surface area contributed by atoms with Gasteiger partial charge in [0.05, 0.1) is 11.6 Å². The monoisotopic (exact) mass is 241 g/mol. The number of carbonyl (C=O) groups is 1. The van der Waals surface area contributed by atoms with Crippen molar-refractivity contribution in [3.63, 3.8) is 0 Å². The lowest BCUT2D eigenvalue weighted by atomic mass is 10.1. The van der Waals surface area contributed by atoms with E-state index in [1.807, 2.05) is 0 Å². The molecule has 17 heavy (non-hydrogen) atoms. The summed E-state index contributed by atoms with van der Waals surface area (Å²) >= 11 is 0. The number of carboxylic acid groups (broad SMARTS) is 1. The minimum Gasteiger partial charge on any atom is -0.481 e. The SMILES string of the molecule is CN(C)c1c(C2CC2C(=O)O)ccc(F)c1F. The van der Waals surface area contributed by atoms with Crippen molar-refractivity contribution in [2.24, 2.45) is 5.92 Å². The molecular weight excluding hydrogens is 228 g/mol. The third-order valence-electron chi connectivity index (χ3n) is 3.05. The lowest BCUT2D eigenvalue weighted by molar-refractivity contribution is -0.138. The van der Waals surface area contributed by atoms with Crippen LogP contribution in [0.2, 0.25) is 0 Å². The first kappa shape index (κ1) is 11.8. The fraction of sp³-hybridized carbons (Fsp3) is 0.417. The van der Waals surface area contributed by atoms with Gasteiger partial charge >= 0.3 is 5.97 Å². The summed E-state index contributed by atoms with van der Waals surface area (Å²) in [4.78, 5) is 12.3. The molecule has 3 nitrogen and oxygen atoms in total. The molecular formula is C12H13F2NO2. The van der Waals surface area contributed by atoms with Crippen molar-refractivity contribution < 1.29 is 18.7 Å².